The van der Waals surface area contributed by atoms with Crippen LogP contribution in [0, 0.1) is 0 Å². The third-order valence-electron chi connectivity index (χ3n) is 2.84. The molecule has 0 aliphatic carbocycles. The molecule has 1 aromatic heterocycles. The number of thioether (sulfide) groups is 1. The van der Waals surface area contributed by atoms with Crippen LogP contribution in [0.15, 0.2) is 35.7 Å². The summed E-state index contributed by atoms with van der Waals surface area (Å²) in [6.45, 7) is 2.26. The third-order valence-corrected chi connectivity index (χ3v) is 4.69. The summed E-state index contributed by atoms with van der Waals surface area (Å²) in [5, 5.41) is 3.33. The number of hydrogen-bond donors (Lipinski definition) is 0. The van der Waals surface area contributed by atoms with Crippen molar-refractivity contribution in [2.75, 3.05) is 29.5 Å². The molecule has 1 aliphatic heterocycles. The van der Waals surface area contributed by atoms with Gasteiger partial charge in [-0.3, -0.25) is 0 Å². The van der Waals surface area contributed by atoms with E-state index in [0.717, 1.165) is 18.8 Å². The van der Waals surface area contributed by atoms with Crippen molar-refractivity contribution in [1.82, 2.24) is 4.98 Å². The Morgan fingerprint density at radius 2 is 1.82 bits per heavy atom. The Hall–Kier alpha value is -1.00. The molecule has 0 N–H and O–H groups in total. The lowest BCUT2D eigenvalue weighted by Crippen LogP contribution is -2.32. The average molecular weight is 262 g/mol. The first-order valence-corrected chi connectivity index (χ1v) is 7.80. The fourth-order valence-corrected chi connectivity index (χ4v) is 3.70. The molecule has 17 heavy (non-hydrogen) atoms. The monoisotopic (exact) mass is 262 g/mol. The number of anilines is 1. The van der Waals surface area contributed by atoms with Crippen LogP contribution in [-0.2, 0) is 0 Å². The molecule has 3 rings (SSSR count). The van der Waals surface area contributed by atoms with Gasteiger partial charge in [-0.1, -0.05) is 30.3 Å². The number of hydrogen-bond acceptors (Lipinski definition) is 4. The van der Waals surface area contributed by atoms with E-state index in [9.17, 15) is 0 Å². The van der Waals surface area contributed by atoms with Crippen LogP contribution in [-0.4, -0.2) is 29.6 Å². The maximum Gasteiger partial charge on any atom is 0.185 e. The summed E-state index contributed by atoms with van der Waals surface area (Å²) in [5.74, 6) is 2.44. The summed E-state index contributed by atoms with van der Waals surface area (Å²) >= 11 is 3.79. The largest absolute Gasteiger partial charge is 0.346 e. The second-order valence-corrected chi connectivity index (χ2v) is 6.04. The van der Waals surface area contributed by atoms with E-state index < -0.39 is 0 Å². The standard InChI is InChI=1S/C13H14N2S2/c1-2-4-11(5-3-1)12-10-17-13(14-12)15-6-8-16-9-7-15/h1-5,10H,6-9H2. The van der Waals surface area contributed by atoms with E-state index in [0.29, 0.717) is 0 Å². The average Bonchev–Trinajstić information content (AvgIpc) is 2.90. The third kappa shape index (κ3) is 2.48. The topological polar surface area (TPSA) is 16.1 Å². The first kappa shape index (κ1) is 11.1. The second kappa shape index (κ2) is 5.10. The van der Waals surface area contributed by atoms with Crippen LogP contribution in [0.5, 0.6) is 0 Å². The zero-order valence-corrected chi connectivity index (χ0v) is 11.1. The summed E-state index contributed by atoms with van der Waals surface area (Å²) < 4.78 is 0. The van der Waals surface area contributed by atoms with Crippen LogP contribution < -0.4 is 4.90 Å². The highest BCUT2D eigenvalue weighted by Crippen LogP contribution is 2.28. The first-order valence-electron chi connectivity index (χ1n) is 5.77. The van der Waals surface area contributed by atoms with Gasteiger partial charge in [-0.25, -0.2) is 4.98 Å². The molecule has 0 spiro atoms. The summed E-state index contributed by atoms with van der Waals surface area (Å²) in [7, 11) is 0. The molecule has 1 saturated heterocycles. The number of thiazole rings is 1. The van der Waals surface area contributed by atoms with Gasteiger partial charge in [-0.05, 0) is 0 Å². The smallest absolute Gasteiger partial charge is 0.185 e. The molecule has 2 aromatic rings. The van der Waals surface area contributed by atoms with E-state index >= 15 is 0 Å². The van der Waals surface area contributed by atoms with Crippen LogP contribution in [0.4, 0.5) is 5.13 Å². The van der Waals surface area contributed by atoms with E-state index in [4.69, 9.17) is 4.98 Å². The summed E-state index contributed by atoms with van der Waals surface area (Å²) in [6, 6.07) is 10.4. The highest BCUT2D eigenvalue weighted by Gasteiger charge is 2.14. The Morgan fingerprint density at radius 1 is 1.06 bits per heavy atom. The molecular weight excluding hydrogens is 248 g/mol. The summed E-state index contributed by atoms with van der Waals surface area (Å²) in [5.41, 5.74) is 2.31. The van der Waals surface area contributed by atoms with Crippen LogP contribution >= 0.6 is 23.1 Å². The van der Waals surface area contributed by atoms with E-state index in [1.807, 2.05) is 17.8 Å². The van der Waals surface area contributed by atoms with E-state index in [-0.39, 0.29) is 0 Å². The Morgan fingerprint density at radius 3 is 2.59 bits per heavy atom. The maximum absolute atomic E-state index is 4.74. The van der Waals surface area contributed by atoms with Gasteiger partial charge in [0.15, 0.2) is 5.13 Å². The van der Waals surface area contributed by atoms with Gasteiger partial charge >= 0.3 is 0 Å². The Bertz CT molecular complexity index is 475. The van der Waals surface area contributed by atoms with Crippen LogP contribution in [0.25, 0.3) is 11.3 Å². The molecule has 2 nitrogen and oxygen atoms in total. The molecule has 1 fully saturated rings. The van der Waals surface area contributed by atoms with E-state index in [1.165, 1.54) is 22.2 Å². The zero-order chi connectivity index (χ0) is 11.5. The fourth-order valence-electron chi connectivity index (χ4n) is 1.91. The molecule has 0 amide bonds. The van der Waals surface area contributed by atoms with Gasteiger partial charge in [0.25, 0.3) is 0 Å². The Balaban J connectivity index is 1.83. The minimum atomic E-state index is 1.10. The van der Waals surface area contributed by atoms with Gasteiger partial charge in [0.2, 0.25) is 0 Å². The predicted octanol–water partition coefficient (Wildman–Crippen LogP) is 3.36. The van der Waals surface area contributed by atoms with Crippen molar-refractivity contribution in [1.29, 1.82) is 0 Å². The van der Waals surface area contributed by atoms with Gasteiger partial charge in [0.05, 0.1) is 5.69 Å². The lowest BCUT2D eigenvalue weighted by molar-refractivity contribution is 0.853. The first-order chi connectivity index (χ1) is 8.43. The lowest BCUT2D eigenvalue weighted by Gasteiger charge is -2.25. The Kier molecular flexibility index (Phi) is 3.34. The SMILES string of the molecule is c1ccc(-c2csc(N3CCSCC3)n2)cc1. The molecule has 0 atom stereocenters. The Labute approximate surface area is 110 Å². The van der Waals surface area contributed by atoms with Crippen molar-refractivity contribution in [3.63, 3.8) is 0 Å². The van der Waals surface area contributed by atoms with E-state index in [1.54, 1.807) is 11.3 Å². The molecule has 0 saturated carbocycles. The van der Waals surface area contributed by atoms with Crippen molar-refractivity contribution in [2.45, 2.75) is 0 Å². The number of benzene rings is 1. The predicted molar refractivity (Wildman–Crippen MR) is 77.1 cm³/mol. The number of aromatic nitrogens is 1. The van der Waals surface area contributed by atoms with Crippen molar-refractivity contribution in [3.8, 4) is 11.3 Å². The van der Waals surface area contributed by atoms with Crippen LogP contribution in [0.3, 0.4) is 0 Å². The highest BCUT2D eigenvalue weighted by molar-refractivity contribution is 7.99. The van der Waals surface area contributed by atoms with Gasteiger partial charge in [-0.2, -0.15) is 11.8 Å². The normalized spacial score (nSPS) is 16.1. The van der Waals surface area contributed by atoms with Gasteiger partial charge in [-0.15, -0.1) is 11.3 Å². The number of rotatable bonds is 2. The maximum atomic E-state index is 4.74. The lowest BCUT2D eigenvalue weighted by atomic mass is 10.2. The summed E-state index contributed by atoms with van der Waals surface area (Å²) in [4.78, 5) is 7.14. The van der Waals surface area contributed by atoms with Gasteiger partial charge in [0, 0.05) is 35.5 Å². The molecule has 4 heteroatoms. The van der Waals surface area contributed by atoms with Crippen molar-refractivity contribution in [2.24, 2.45) is 0 Å². The molecule has 1 aliphatic rings. The second-order valence-electron chi connectivity index (χ2n) is 3.98. The molecule has 0 unspecified atom stereocenters. The molecule has 2 heterocycles. The van der Waals surface area contributed by atoms with Crippen molar-refractivity contribution in [3.05, 3.63) is 35.7 Å². The molecular formula is C13H14N2S2. The molecule has 0 bridgehead atoms. The number of nitrogens with zero attached hydrogens (tertiary/aromatic N) is 2. The van der Waals surface area contributed by atoms with Crippen molar-refractivity contribution < 1.29 is 0 Å². The zero-order valence-electron chi connectivity index (χ0n) is 9.50. The van der Waals surface area contributed by atoms with Gasteiger partial charge in [0.1, 0.15) is 0 Å². The van der Waals surface area contributed by atoms with Gasteiger partial charge < -0.3 is 4.90 Å². The minimum absolute atomic E-state index is 1.10. The fraction of sp³-hybridized carbons (Fsp3) is 0.308. The molecule has 88 valence electrons. The van der Waals surface area contributed by atoms with Crippen LogP contribution in [0.1, 0.15) is 0 Å². The van der Waals surface area contributed by atoms with Crippen molar-refractivity contribution >= 4 is 28.2 Å². The summed E-state index contributed by atoms with van der Waals surface area (Å²) in [6.07, 6.45) is 0. The quantitative estimate of drug-likeness (QED) is 0.825. The molecule has 0 radical (unpaired) electrons. The molecule has 1 aromatic carbocycles. The van der Waals surface area contributed by atoms with E-state index in [2.05, 4.69) is 34.5 Å². The highest BCUT2D eigenvalue weighted by atomic mass is 32.2. The minimum Gasteiger partial charge on any atom is -0.346 e. The van der Waals surface area contributed by atoms with Crippen LogP contribution in [0.2, 0.25) is 0 Å².